The van der Waals surface area contributed by atoms with Crippen LogP contribution in [0.4, 0.5) is 13.2 Å². The smallest absolute Gasteiger partial charge is 0.254 e. The third kappa shape index (κ3) is 4.23. The zero-order chi connectivity index (χ0) is 17.7. The van der Waals surface area contributed by atoms with E-state index in [0.29, 0.717) is 0 Å². The fraction of sp³-hybridized carbons (Fsp3) is 0.188. The number of carbonyl (C=O) groups excluding carboxylic acids is 1. The Kier molecular flexibility index (Phi) is 5.04. The van der Waals surface area contributed by atoms with Crippen LogP contribution in [-0.4, -0.2) is 23.0 Å². The highest BCUT2D eigenvalue weighted by Gasteiger charge is 2.28. The molecular weight excluding hydrogens is 323 g/mol. The van der Waals surface area contributed by atoms with Crippen molar-refractivity contribution in [2.45, 2.75) is 12.5 Å². The van der Waals surface area contributed by atoms with Gasteiger partial charge in [-0.25, -0.2) is 13.2 Å². The molecule has 2 aromatic rings. The average Bonchev–Trinajstić information content (AvgIpc) is 2.56. The number of amides is 1. The van der Waals surface area contributed by atoms with Gasteiger partial charge in [-0.05, 0) is 25.1 Å². The number of nitrogens with one attached hydrogen (secondary N) is 1. The normalized spacial score (nSPS) is 12.8. The molecule has 0 saturated heterocycles. The van der Waals surface area contributed by atoms with Crippen molar-refractivity contribution in [3.63, 3.8) is 0 Å². The zero-order valence-electron chi connectivity index (χ0n) is 12.5. The Balaban J connectivity index is 2.06. The van der Waals surface area contributed by atoms with Crippen LogP contribution < -0.4 is 10.1 Å². The molecule has 5 nitrogen and oxygen atoms in total. The van der Waals surface area contributed by atoms with Crippen molar-refractivity contribution in [3.8, 4) is 11.8 Å². The van der Waals surface area contributed by atoms with E-state index in [9.17, 15) is 23.2 Å². The third-order valence-electron chi connectivity index (χ3n) is 3.02. The van der Waals surface area contributed by atoms with Gasteiger partial charge in [-0.15, -0.1) is 0 Å². The van der Waals surface area contributed by atoms with Gasteiger partial charge >= 0.3 is 0 Å². The number of nitriles is 1. The molecule has 1 aromatic heterocycles. The molecule has 0 aliphatic rings. The van der Waals surface area contributed by atoms with Crippen LogP contribution in [0.25, 0.3) is 0 Å². The van der Waals surface area contributed by atoms with Gasteiger partial charge in [0.25, 0.3) is 5.91 Å². The Morgan fingerprint density at radius 3 is 2.67 bits per heavy atom. The van der Waals surface area contributed by atoms with Crippen LogP contribution in [-0.2, 0) is 0 Å². The number of halogens is 3. The molecule has 0 aliphatic carbocycles. The van der Waals surface area contributed by atoms with E-state index in [0.717, 1.165) is 30.6 Å². The first-order valence-electron chi connectivity index (χ1n) is 6.75. The van der Waals surface area contributed by atoms with E-state index in [1.165, 1.54) is 13.0 Å². The molecule has 0 spiro atoms. The van der Waals surface area contributed by atoms with E-state index < -0.39 is 28.9 Å². The van der Waals surface area contributed by atoms with Crippen molar-refractivity contribution in [2.75, 3.05) is 6.61 Å². The minimum atomic E-state index is -1.48. The molecule has 1 N–H and O–H groups in total. The van der Waals surface area contributed by atoms with Gasteiger partial charge in [-0.2, -0.15) is 5.26 Å². The highest BCUT2D eigenvalue weighted by molar-refractivity contribution is 5.94. The van der Waals surface area contributed by atoms with Crippen molar-refractivity contribution in [2.24, 2.45) is 0 Å². The van der Waals surface area contributed by atoms with Crippen molar-refractivity contribution < 1.29 is 22.7 Å². The number of aromatic nitrogens is 1. The molecule has 8 heteroatoms. The maximum atomic E-state index is 13.1. The Labute approximate surface area is 135 Å². The lowest BCUT2D eigenvalue weighted by molar-refractivity contribution is 0.0900. The number of benzene rings is 1. The van der Waals surface area contributed by atoms with E-state index in [-0.39, 0.29) is 17.9 Å². The van der Waals surface area contributed by atoms with Gasteiger partial charge in [0.2, 0.25) is 0 Å². The Hall–Kier alpha value is -3.08. The molecule has 0 radical (unpaired) electrons. The summed E-state index contributed by atoms with van der Waals surface area (Å²) in [6.07, 6.45) is 2.08. The predicted octanol–water partition coefficient (Wildman–Crippen LogP) is 2.59. The van der Waals surface area contributed by atoms with Gasteiger partial charge in [0, 0.05) is 12.3 Å². The minimum Gasteiger partial charge on any atom is -0.490 e. The van der Waals surface area contributed by atoms with Crippen LogP contribution in [0.15, 0.2) is 36.7 Å². The van der Waals surface area contributed by atoms with Crippen molar-refractivity contribution in [1.82, 2.24) is 10.3 Å². The molecule has 1 amide bonds. The van der Waals surface area contributed by atoms with E-state index in [2.05, 4.69) is 10.3 Å². The van der Waals surface area contributed by atoms with Crippen LogP contribution in [0.1, 0.15) is 17.3 Å². The first kappa shape index (κ1) is 17.3. The highest BCUT2D eigenvalue weighted by atomic mass is 19.2. The number of pyridine rings is 1. The minimum absolute atomic E-state index is 0.00273. The van der Waals surface area contributed by atoms with Crippen LogP contribution in [0.2, 0.25) is 0 Å². The summed E-state index contributed by atoms with van der Waals surface area (Å²) >= 11 is 0. The number of hydrogen-bond acceptors (Lipinski definition) is 4. The van der Waals surface area contributed by atoms with E-state index in [1.54, 1.807) is 0 Å². The van der Waals surface area contributed by atoms with Gasteiger partial charge in [0.1, 0.15) is 18.2 Å². The number of rotatable bonds is 5. The summed E-state index contributed by atoms with van der Waals surface area (Å²) in [4.78, 5) is 15.6. The molecule has 0 aliphatic heterocycles. The Morgan fingerprint density at radius 1 is 1.29 bits per heavy atom. The van der Waals surface area contributed by atoms with Gasteiger partial charge in [-0.1, -0.05) is 0 Å². The SMILES string of the molecule is C[C@](C#N)(COc1ccc(F)c(F)c1)NC(=O)c1cncc(F)c1. The Bertz CT molecular complexity index is 807. The second kappa shape index (κ2) is 7.00. The monoisotopic (exact) mass is 335 g/mol. The second-order valence-electron chi connectivity index (χ2n) is 5.15. The molecule has 2 rings (SSSR count). The summed E-state index contributed by atoms with van der Waals surface area (Å²) in [5, 5.41) is 11.6. The van der Waals surface area contributed by atoms with Crippen molar-refractivity contribution in [1.29, 1.82) is 5.26 Å². The van der Waals surface area contributed by atoms with Crippen molar-refractivity contribution >= 4 is 5.91 Å². The van der Waals surface area contributed by atoms with Crippen molar-refractivity contribution in [3.05, 3.63) is 59.7 Å². The third-order valence-corrected chi connectivity index (χ3v) is 3.02. The number of nitrogens with zero attached hydrogens (tertiary/aromatic N) is 2. The second-order valence-corrected chi connectivity index (χ2v) is 5.15. The van der Waals surface area contributed by atoms with Gasteiger partial charge < -0.3 is 10.1 Å². The summed E-state index contributed by atoms with van der Waals surface area (Å²) < 4.78 is 44.3. The molecule has 124 valence electrons. The Morgan fingerprint density at radius 2 is 2.04 bits per heavy atom. The van der Waals surface area contributed by atoms with Crippen LogP contribution in [0.3, 0.4) is 0 Å². The maximum absolute atomic E-state index is 13.1. The first-order chi connectivity index (χ1) is 11.3. The molecule has 0 saturated carbocycles. The topological polar surface area (TPSA) is 75.0 Å². The quantitative estimate of drug-likeness (QED) is 0.911. The molecule has 1 aromatic carbocycles. The molecule has 1 atom stereocenters. The van der Waals surface area contributed by atoms with E-state index in [1.807, 2.05) is 6.07 Å². The molecule has 1 heterocycles. The lowest BCUT2D eigenvalue weighted by Gasteiger charge is -2.23. The van der Waals surface area contributed by atoms with Crippen LogP contribution in [0, 0.1) is 28.8 Å². The summed E-state index contributed by atoms with van der Waals surface area (Å²) in [6.45, 7) is 1.04. The molecular formula is C16H12F3N3O2. The predicted molar refractivity (Wildman–Crippen MR) is 77.5 cm³/mol. The standard InChI is InChI=1S/C16H12F3N3O2/c1-16(8-20,9-24-12-2-3-13(18)14(19)5-12)22-15(23)10-4-11(17)7-21-6-10/h2-7H,9H2,1H3,(H,22,23)/t16-/m0/s1. The maximum Gasteiger partial charge on any atom is 0.254 e. The molecule has 0 bridgehead atoms. The summed E-state index contributed by atoms with van der Waals surface area (Å²) in [6, 6.07) is 5.71. The summed E-state index contributed by atoms with van der Waals surface area (Å²) in [5.41, 5.74) is -1.54. The zero-order valence-corrected chi connectivity index (χ0v) is 12.5. The fourth-order valence-corrected chi connectivity index (χ4v) is 1.75. The first-order valence-corrected chi connectivity index (χ1v) is 6.75. The molecule has 0 fully saturated rings. The van der Waals surface area contributed by atoms with Gasteiger partial charge in [0.05, 0.1) is 17.8 Å². The van der Waals surface area contributed by atoms with Gasteiger partial charge in [-0.3, -0.25) is 9.78 Å². The molecule has 24 heavy (non-hydrogen) atoms. The highest BCUT2D eigenvalue weighted by Crippen LogP contribution is 2.17. The van der Waals surface area contributed by atoms with Crippen LogP contribution >= 0.6 is 0 Å². The molecule has 0 unspecified atom stereocenters. The van der Waals surface area contributed by atoms with E-state index >= 15 is 0 Å². The fourth-order valence-electron chi connectivity index (χ4n) is 1.75. The van der Waals surface area contributed by atoms with E-state index in [4.69, 9.17) is 4.74 Å². The summed E-state index contributed by atoms with van der Waals surface area (Å²) in [5.74, 6) is -3.55. The number of hydrogen-bond donors (Lipinski definition) is 1. The summed E-state index contributed by atoms with van der Waals surface area (Å²) in [7, 11) is 0. The lowest BCUT2D eigenvalue weighted by atomic mass is 10.1. The lowest BCUT2D eigenvalue weighted by Crippen LogP contribution is -2.49. The van der Waals surface area contributed by atoms with Crippen LogP contribution in [0.5, 0.6) is 5.75 Å². The number of carbonyl (C=O) groups is 1. The largest absolute Gasteiger partial charge is 0.490 e. The average molecular weight is 335 g/mol. The van der Waals surface area contributed by atoms with Gasteiger partial charge in [0.15, 0.2) is 17.2 Å². The number of ether oxygens (including phenoxy) is 1.